The summed E-state index contributed by atoms with van der Waals surface area (Å²) in [6, 6.07) is 0.0845. The van der Waals surface area contributed by atoms with Gasteiger partial charge in [0.25, 0.3) is 0 Å². The molecule has 1 amide bonds. The Labute approximate surface area is 147 Å². The monoisotopic (exact) mass is 303 g/mol. The molecule has 6 heteroatoms. The van der Waals surface area contributed by atoms with E-state index in [4.69, 9.17) is 4.74 Å². The van der Waals surface area contributed by atoms with Gasteiger partial charge < -0.3 is 20.0 Å². The van der Waals surface area contributed by atoms with Crippen molar-refractivity contribution in [1.29, 1.82) is 0 Å². The maximum atomic E-state index is 12.4. The van der Waals surface area contributed by atoms with Crippen molar-refractivity contribution in [3.63, 3.8) is 0 Å². The molecule has 5 nitrogen and oxygen atoms in total. The molecule has 0 spiro atoms. The van der Waals surface area contributed by atoms with Crippen LogP contribution >= 0.6 is 0 Å². The van der Waals surface area contributed by atoms with Crippen LogP contribution in [0.3, 0.4) is 0 Å². The molecule has 3 rings (SSSR count). The third-order valence-corrected chi connectivity index (χ3v) is 5.76. The Kier molecular flexibility index (Phi) is 4.29. The summed E-state index contributed by atoms with van der Waals surface area (Å²) in [6.45, 7) is 8.56. The van der Waals surface area contributed by atoms with Gasteiger partial charge in [-0.1, -0.05) is 27.7 Å². The Balaban J connectivity index is 0.00000161. The van der Waals surface area contributed by atoms with Crippen LogP contribution in [-0.2, 0) is 14.3 Å². The minimum Gasteiger partial charge on any atom is -0.550 e. The molecule has 0 bridgehead atoms. The number of hydrogen-bond acceptors (Lipinski definition) is 4. The number of carboxylic acid groups (broad SMARTS) is 1. The smallest absolute Gasteiger partial charge is 0.550 e. The van der Waals surface area contributed by atoms with Crippen LogP contribution < -0.4 is 40.0 Å². The quantitative estimate of drug-likeness (QED) is 0.562. The van der Waals surface area contributed by atoms with E-state index in [0.29, 0.717) is 5.92 Å². The molecule has 5 atom stereocenters. The van der Waals surface area contributed by atoms with Crippen LogP contribution in [0.2, 0.25) is 0 Å². The van der Waals surface area contributed by atoms with Gasteiger partial charge in [-0.3, -0.25) is 4.79 Å². The molecule has 3 aliphatic rings. The summed E-state index contributed by atoms with van der Waals surface area (Å²) < 4.78 is 5.70. The summed E-state index contributed by atoms with van der Waals surface area (Å²) >= 11 is 0. The molecule has 112 valence electrons. The van der Waals surface area contributed by atoms with Gasteiger partial charge in [0.05, 0.1) is 12.0 Å². The maximum absolute atomic E-state index is 12.4. The Morgan fingerprint density at radius 3 is 2.29 bits per heavy atom. The number of carbonyl (C=O) groups excluding carboxylic acids is 2. The standard InChI is InChI=1S/C15H23NO4.Na/c1-14(2)8(9(14)13(18)19)12(17)16-10-7-5-6-20-11(7)15(10,3)4;/h7-11H,5-6H2,1-4H3,(H,16,17)(H,18,19);/q;+1/p-1. The van der Waals surface area contributed by atoms with Crippen molar-refractivity contribution in [2.75, 3.05) is 6.61 Å². The molecule has 1 N–H and O–H groups in total. The largest absolute Gasteiger partial charge is 1.00 e. The van der Waals surface area contributed by atoms with Crippen LogP contribution in [0.5, 0.6) is 0 Å². The van der Waals surface area contributed by atoms with Crippen molar-refractivity contribution in [1.82, 2.24) is 5.32 Å². The third-order valence-electron chi connectivity index (χ3n) is 5.76. The van der Waals surface area contributed by atoms with E-state index in [0.717, 1.165) is 13.0 Å². The van der Waals surface area contributed by atoms with Crippen LogP contribution in [-0.4, -0.2) is 30.6 Å². The van der Waals surface area contributed by atoms with E-state index < -0.39 is 23.2 Å². The number of nitrogens with one attached hydrogen (secondary N) is 1. The number of amides is 1. The van der Waals surface area contributed by atoms with Gasteiger partial charge >= 0.3 is 29.6 Å². The zero-order valence-electron chi connectivity index (χ0n) is 13.4. The Morgan fingerprint density at radius 2 is 1.76 bits per heavy atom. The van der Waals surface area contributed by atoms with Gasteiger partial charge in [0, 0.05) is 35.9 Å². The molecular weight excluding hydrogens is 281 g/mol. The van der Waals surface area contributed by atoms with Crippen LogP contribution in [0.1, 0.15) is 34.1 Å². The molecule has 1 heterocycles. The second-order valence-corrected chi connectivity index (χ2v) is 7.65. The van der Waals surface area contributed by atoms with E-state index in [1.165, 1.54) is 0 Å². The number of rotatable bonds is 3. The topological polar surface area (TPSA) is 78.5 Å². The number of aliphatic carboxylic acids is 1. The van der Waals surface area contributed by atoms with E-state index in [9.17, 15) is 14.7 Å². The first-order valence-electron chi connectivity index (χ1n) is 7.32. The maximum Gasteiger partial charge on any atom is 1.00 e. The van der Waals surface area contributed by atoms with Crippen molar-refractivity contribution in [2.45, 2.75) is 46.3 Å². The number of ether oxygens (including phenoxy) is 1. The molecule has 0 aromatic carbocycles. The molecule has 0 aromatic rings. The minimum absolute atomic E-state index is 0. The molecule has 1 aliphatic heterocycles. The molecule has 21 heavy (non-hydrogen) atoms. The average Bonchev–Trinajstić information content (AvgIpc) is 2.73. The van der Waals surface area contributed by atoms with Crippen molar-refractivity contribution >= 4 is 11.9 Å². The van der Waals surface area contributed by atoms with E-state index in [1.54, 1.807) is 0 Å². The molecule has 3 fully saturated rings. The summed E-state index contributed by atoms with van der Waals surface area (Å²) in [6.07, 6.45) is 1.19. The SMILES string of the molecule is CC1(C)C(NC(=O)C2C(C(=O)[O-])C2(C)C)C2CCOC21.[Na+]. The van der Waals surface area contributed by atoms with Gasteiger partial charge in [-0.25, -0.2) is 0 Å². The van der Waals surface area contributed by atoms with E-state index in [-0.39, 0.29) is 53.0 Å². The van der Waals surface area contributed by atoms with E-state index >= 15 is 0 Å². The second-order valence-electron chi connectivity index (χ2n) is 7.65. The molecule has 5 unspecified atom stereocenters. The van der Waals surface area contributed by atoms with Crippen LogP contribution in [0, 0.1) is 28.6 Å². The number of fused-ring (bicyclic) bond motifs is 1. The first kappa shape index (κ1) is 17.3. The first-order valence-corrected chi connectivity index (χ1v) is 7.32. The predicted octanol–water partition coefficient (Wildman–Crippen LogP) is -3.06. The van der Waals surface area contributed by atoms with Gasteiger partial charge in [-0.2, -0.15) is 0 Å². The third kappa shape index (κ3) is 2.37. The summed E-state index contributed by atoms with van der Waals surface area (Å²) in [5, 5.41) is 14.1. The van der Waals surface area contributed by atoms with Gasteiger partial charge in [-0.05, 0) is 11.8 Å². The first-order chi connectivity index (χ1) is 9.19. The summed E-state index contributed by atoms with van der Waals surface area (Å²) in [4.78, 5) is 23.4. The molecule has 0 radical (unpaired) electrons. The van der Waals surface area contributed by atoms with Gasteiger partial charge in [-0.15, -0.1) is 0 Å². The number of carboxylic acids is 1. The summed E-state index contributed by atoms with van der Waals surface area (Å²) in [7, 11) is 0. The van der Waals surface area contributed by atoms with Crippen LogP contribution in [0.4, 0.5) is 0 Å². The second kappa shape index (κ2) is 5.22. The number of carbonyl (C=O) groups is 2. The zero-order valence-corrected chi connectivity index (χ0v) is 15.4. The molecule has 2 saturated carbocycles. The van der Waals surface area contributed by atoms with E-state index in [1.807, 2.05) is 13.8 Å². The van der Waals surface area contributed by atoms with Crippen molar-refractivity contribution in [3.05, 3.63) is 0 Å². The fourth-order valence-electron chi connectivity index (χ4n) is 4.43. The normalized spacial score (nSPS) is 41.2. The van der Waals surface area contributed by atoms with Crippen molar-refractivity contribution in [3.8, 4) is 0 Å². The van der Waals surface area contributed by atoms with Crippen molar-refractivity contribution < 1.29 is 49.0 Å². The Hall–Kier alpha value is -0.100. The molecule has 2 aliphatic carbocycles. The van der Waals surface area contributed by atoms with E-state index in [2.05, 4.69) is 19.2 Å². The Bertz CT molecular complexity index is 476. The molecular formula is C15H22NNaO4. The predicted molar refractivity (Wildman–Crippen MR) is 69.3 cm³/mol. The van der Waals surface area contributed by atoms with Crippen LogP contribution in [0.15, 0.2) is 0 Å². The fourth-order valence-corrected chi connectivity index (χ4v) is 4.43. The zero-order chi connectivity index (χ0) is 14.9. The van der Waals surface area contributed by atoms with Gasteiger partial charge in [0.15, 0.2) is 0 Å². The average molecular weight is 303 g/mol. The number of hydrogen-bond donors (Lipinski definition) is 1. The molecule has 1 saturated heterocycles. The minimum atomic E-state index is -1.12. The summed E-state index contributed by atoms with van der Waals surface area (Å²) in [5.74, 6) is -2.03. The van der Waals surface area contributed by atoms with Crippen LogP contribution in [0.25, 0.3) is 0 Å². The Morgan fingerprint density at radius 1 is 1.14 bits per heavy atom. The molecule has 0 aromatic heterocycles. The fraction of sp³-hybridized carbons (Fsp3) is 0.867. The summed E-state index contributed by atoms with van der Waals surface area (Å²) in [5.41, 5.74) is -0.574. The van der Waals surface area contributed by atoms with Gasteiger partial charge in [0.1, 0.15) is 0 Å². The van der Waals surface area contributed by atoms with Gasteiger partial charge in [0.2, 0.25) is 5.91 Å². The van der Waals surface area contributed by atoms with Crippen molar-refractivity contribution in [2.24, 2.45) is 28.6 Å².